The summed E-state index contributed by atoms with van der Waals surface area (Å²) >= 11 is 0. The van der Waals surface area contributed by atoms with Crippen molar-refractivity contribution in [1.29, 1.82) is 0 Å². The Hall–Kier alpha value is -1.09. The summed E-state index contributed by atoms with van der Waals surface area (Å²) in [5.74, 6) is 0.602. The lowest BCUT2D eigenvalue weighted by molar-refractivity contribution is 0.152. The summed E-state index contributed by atoms with van der Waals surface area (Å²) in [5, 5.41) is 6.42. The predicted molar refractivity (Wildman–Crippen MR) is 110 cm³/mol. The van der Waals surface area contributed by atoms with Gasteiger partial charge >= 0.3 is 0 Å². The molecule has 0 spiro atoms. The van der Waals surface area contributed by atoms with Crippen molar-refractivity contribution in [1.82, 2.24) is 10.6 Å². The number of benzene rings is 1. The van der Waals surface area contributed by atoms with Gasteiger partial charge in [-0.05, 0) is 32.4 Å². The van der Waals surface area contributed by atoms with Crippen LogP contribution in [0.3, 0.4) is 0 Å². The molecule has 1 aromatic rings. The summed E-state index contributed by atoms with van der Waals surface area (Å²) in [7, 11) is 1.90. The highest BCUT2D eigenvalue weighted by Crippen LogP contribution is 2.16. The van der Waals surface area contributed by atoms with Gasteiger partial charge in [-0.1, -0.05) is 12.1 Å². The largest absolute Gasteiger partial charge is 0.380 e. The molecule has 1 rings (SSSR count). The number of guanidine groups is 1. The van der Waals surface area contributed by atoms with Crippen LogP contribution < -0.4 is 15.5 Å². The monoisotopic (exact) mass is 452 g/mol. The number of nitrogens with one attached hydrogen (secondary N) is 2. The third-order valence-electron chi connectivity index (χ3n) is 3.27. The Morgan fingerprint density at radius 1 is 1.25 bits per heavy atom. The number of para-hydroxylation sites is 1. The molecule has 0 saturated heterocycles. The highest BCUT2D eigenvalue weighted by atomic mass is 127. The van der Waals surface area contributed by atoms with E-state index in [2.05, 4.69) is 15.6 Å². The third-order valence-corrected chi connectivity index (χ3v) is 3.27. The predicted octanol–water partition coefficient (Wildman–Crippen LogP) is 2.86. The van der Waals surface area contributed by atoms with Crippen LogP contribution in [0.25, 0.3) is 0 Å². The van der Waals surface area contributed by atoms with Crippen molar-refractivity contribution < 1.29 is 9.13 Å². The quantitative estimate of drug-likeness (QED) is 0.248. The molecule has 24 heavy (non-hydrogen) atoms. The maximum atomic E-state index is 13.7. The second-order valence-corrected chi connectivity index (χ2v) is 5.11. The first kappa shape index (κ1) is 22.9. The molecule has 2 N–H and O–H groups in total. The Labute approximate surface area is 162 Å². The van der Waals surface area contributed by atoms with Crippen molar-refractivity contribution in [3.05, 3.63) is 30.1 Å². The molecule has 0 aliphatic rings. The summed E-state index contributed by atoms with van der Waals surface area (Å²) in [6.07, 6.45) is 0.854. The van der Waals surface area contributed by atoms with E-state index < -0.39 is 0 Å². The van der Waals surface area contributed by atoms with E-state index in [0.29, 0.717) is 18.8 Å². The zero-order valence-electron chi connectivity index (χ0n) is 14.8. The van der Waals surface area contributed by atoms with Gasteiger partial charge in [0.1, 0.15) is 5.82 Å². The molecule has 0 bridgehead atoms. The van der Waals surface area contributed by atoms with E-state index in [1.165, 1.54) is 6.07 Å². The van der Waals surface area contributed by atoms with Gasteiger partial charge in [0.2, 0.25) is 0 Å². The molecule has 0 saturated carbocycles. The lowest BCUT2D eigenvalue weighted by Crippen LogP contribution is -2.39. The fourth-order valence-electron chi connectivity index (χ4n) is 2.11. The first-order chi connectivity index (χ1) is 11.2. The lowest BCUT2D eigenvalue weighted by atomic mass is 10.2. The van der Waals surface area contributed by atoms with Gasteiger partial charge in [0.15, 0.2) is 5.96 Å². The molecular formula is C17H30FIN4O. The second-order valence-electron chi connectivity index (χ2n) is 5.11. The molecule has 138 valence electrons. The van der Waals surface area contributed by atoms with E-state index in [9.17, 15) is 4.39 Å². The van der Waals surface area contributed by atoms with Crippen LogP contribution in [0, 0.1) is 5.82 Å². The fraction of sp³-hybridized carbons (Fsp3) is 0.588. The molecule has 7 heteroatoms. The van der Waals surface area contributed by atoms with Gasteiger partial charge in [-0.25, -0.2) is 4.39 Å². The first-order valence-electron chi connectivity index (χ1n) is 8.24. The number of halogens is 2. The Balaban J connectivity index is 0.00000529. The Bertz CT molecular complexity index is 474. The van der Waals surface area contributed by atoms with E-state index >= 15 is 0 Å². The summed E-state index contributed by atoms with van der Waals surface area (Å²) < 4.78 is 19.0. The van der Waals surface area contributed by atoms with E-state index in [0.717, 1.165) is 38.6 Å². The van der Waals surface area contributed by atoms with Crippen molar-refractivity contribution in [2.45, 2.75) is 20.3 Å². The van der Waals surface area contributed by atoms with E-state index in [1.54, 1.807) is 12.1 Å². The minimum atomic E-state index is -0.190. The molecule has 0 aromatic heterocycles. The van der Waals surface area contributed by atoms with Crippen LogP contribution in [0.4, 0.5) is 10.1 Å². The van der Waals surface area contributed by atoms with Crippen LogP contribution in [-0.2, 0) is 4.74 Å². The van der Waals surface area contributed by atoms with E-state index in [4.69, 9.17) is 4.74 Å². The molecule has 0 atom stereocenters. The van der Waals surface area contributed by atoms with Gasteiger partial charge in [0, 0.05) is 39.8 Å². The van der Waals surface area contributed by atoms with Crippen LogP contribution in [0.5, 0.6) is 0 Å². The zero-order valence-corrected chi connectivity index (χ0v) is 17.2. The number of hydrogen-bond donors (Lipinski definition) is 2. The average Bonchev–Trinajstić information content (AvgIpc) is 2.55. The zero-order chi connectivity index (χ0) is 16.9. The van der Waals surface area contributed by atoms with E-state index in [-0.39, 0.29) is 29.8 Å². The third kappa shape index (κ3) is 9.27. The molecule has 0 fully saturated rings. The van der Waals surface area contributed by atoms with Gasteiger partial charge in [-0.15, -0.1) is 24.0 Å². The summed E-state index contributed by atoms with van der Waals surface area (Å²) in [6, 6.07) is 6.82. The molecule has 0 aliphatic carbocycles. The SMILES string of the molecule is CCNC(=NCCCN(C)c1ccccc1F)NCCOCC.I. The smallest absolute Gasteiger partial charge is 0.191 e. The van der Waals surface area contributed by atoms with Crippen molar-refractivity contribution in [3.63, 3.8) is 0 Å². The van der Waals surface area contributed by atoms with Gasteiger partial charge < -0.3 is 20.3 Å². The Kier molecular flexibility index (Phi) is 13.6. The van der Waals surface area contributed by atoms with Gasteiger partial charge in [0.25, 0.3) is 0 Å². The molecule has 0 unspecified atom stereocenters. The fourth-order valence-corrected chi connectivity index (χ4v) is 2.11. The van der Waals surface area contributed by atoms with Crippen molar-refractivity contribution >= 4 is 35.6 Å². The standard InChI is InChI=1S/C17H29FN4O.HI/c1-4-19-17(21-12-14-23-5-2)20-11-8-13-22(3)16-10-7-6-9-15(16)18;/h6-7,9-10H,4-5,8,11-14H2,1-3H3,(H2,19,20,21);1H. The topological polar surface area (TPSA) is 48.9 Å². The maximum Gasteiger partial charge on any atom is 0.191 e. The molecule has 0 amide bonds. The lowest BCUT2D eigenvalue weighted by Gasteiger charge is -2.19. The summed E-state index contributed by atoms with van der Waals surface area (Å²) in [5.41, 5.74) is 0.623. The number of ether oxygens (including phenoxy) is 1. The number of hydrogen-bond acceptors (Lipinski definition) is 3. The molecule has 0 radical (unpaired) electrons. The number of anilines is 1. The highest BCUT2D eigenvalue weighted by molar-refractivity contribution is 14.0. The first-order valence-corrected chi connectivity index (χ1v) is 8.24. The minimum absolute atomic E-state index is 0. The molecule has 1 aromatic carbocycles. The van der Waals surface area contributed by atoms with Crippen molar-refractivity contribution in [2.24, 2.45) is 4.99 Å². The number of rotatable bonds is 10. The van der Waals surface area contributed by atoms with Crippen molar-refractivity contribution in [2.75, 3.05) is 51.3 Å². The van der Waals surface area contributed by atoms with Gasteiger partial charge in [0.05, 0.1) is 12.3 Å². The summed E-state index contributed by atoms with van der Waals surface area (Å²) in [4.78, 5) is 6.43. The van der Waals surface area contributed by atoms with Gasteiger partial charge in [-0.3, -0.25) is 4.99 Å². The number of aliphatic imine (C=N–C) groups is 1. The van der Waals surface area contributed by atoms with Crippen LogP contribution in [0.1, 0.15) is 20.3 Å². The normalized spacial score (nSPS) is 10.9. The van der Waals surface area contributed by atoms with Crippen LogP contribution in [0.15, 0.2) is 29.3 Å². The van der Waals surface area contributed by atoms with Crippen LogP contribution in [-0.4, -0.2) is 52.4 Å². The number of nitrogens with zero attached hydrogens (tertiary/aromatic N) is 2. The van der Waals surface area contributed by atoms with Crippen molar-refractivity contribution in [3.8, 4) is 0 Å². The molecule has 0 aliphatic heterocycles. The van der Waals surface area contributed by atoms with Crippen LogP contribution >= 0.6 is 24.0 Å². The average molecular weight is 452 g/mol. The second kappa shape index (κ2) is 14.3. The van der Waals surface area contributed by atoms with Crippen LogP contribution in [0.2, 0.25) is 0 Å². The Morgan fingerprint density at radius 2 is 2.00 bits per heavy atom. The Morgan fingerprint density at radius 3 is 2.67 bits per heavy atom. The highest BCUT2D eigenvalue weighted by Gasteiger charge is 2.05. The minimum Gasteiger partial charge on any atom is -0.380 e. The van der Waals surface area contributed by atoms with Gasteiger partial charge in [-0.2, -0.15) is 0 Å². The molecule has 5 nitrogen and oxygen atoms in total. The molecule has 0 heterocycles. The summed E-state index contributed by atoms with van der Waals surface area (Å²) in [6.45, 7) is 8.38. The van der Waals surface area contributed by atoms with E-state index in [1.807, 2.05) is 31.9 Å². The maximum absolute atomic E-state index is 13.7. The molecular weight excluding hydrogens is 422 g/mol.